The van der Waals surface area contributed by atoms with E-state index in [-0.39, 0.29) is 18.5 Å². The van der Waals surface area contributed by atoms with Crippen molar-refractivity contribution in [1.82, 2.24) is 5.32 Å². The van der Waals surface area contributed by atoms with E-state index in [1.807, 2.05) is 6.08 Å². The number of carbonyl (C=O) groups is 2. The molecule has 0 aliphatic heterocycles. The molecule has 0 aromatic carbocycles. The Hall–Kier alpha value is -2.44. The van der Waals surface area contributed by atoms with Gasteiger partial charge in [-0.2, -0.15) is 0 Å². The Morgan fingerprint density at radius 1 is 0.346 bits per heavy atom. The fourth-order valence-electron chi connectivity index (χ4n) is 11.0. The summed E-state index contributed by atoms with van der Waals surface area (Å²) in [6, 6.07) is -0.638. The lowest BCUT2D eigenvalue weighted by molar-refractivity contribution is -0.143. The molecule has 0 saturated heterocycles. The van der Waals surface area contributed by atoms with E-state index in [4.69, 9.17) is 4.74 Å². The van der Waals surface area contributed by atoms with Gasteiger partial charge in [0.05, 0.1) is 25.4 Å². The Balaban J connectivity index is 3.47. The van der Waals surface area contributed by atoms with Gasteiger partial charge in [-0.25, -0.2) is 0 Å². The number of nitrogens with one attached hydrogen (secondary N) is 1. The van der Waals surface area contributed by atoms with E-state index in [1.54, 1.807) is 6.08 Å². The number of unbranched alkanes of at least 4 members (excludes halogenated alkanes) is 48. The lowest BCUT2D eigenvalue weighted by atomic mass is 10.0. The summed E-state index contributed by atoms with van der Waals surface area (Å²) in [5, 5.41) is 23.3. The average molecular weight is 1130 g/mol. The summed E-state index contributed by atoms with van der Waals surface area (Å²) in [6.45, 7) is 4.90. The number of aliphatic hydroxyl groups excluding tert-OH is 2. The van der Waals surface area contributed by atoms with Crippen molar-refractivity contribution < 1.29 is 24.5 Å². The Kier molecular flexibility index (Phi) is 67.9. The van der Waals surface area contributed by atoms with Gasteiger partial charge in [-0.1, -0.05) is 331 Å². The van der Waals surface area contributed by atoms with Crippen LogP contribution in [0.1, 0.15) is 380 Å². The van der Waals surface area contributed by atoms with E-state index in [1.165, 1.54) is 283 Å². The van der Waals surface area contributed by atoms with E-state index < -0.39 is 12.1 Å². The molecule has 0 radical (unpaired) electrons. The fraction of sp³-hybridized carbons (Fsp3) is 0.840. The maximum absolute atomic E-state index is 12.5. The van der Waals surface area contributed by atoms with Crippen LogP contribution in [0.4, 0.5) is 0 Å². The topological polar surface area (TPSA) is 95.9 Å². The molecule has 3 N–H and O–H groups in total. The van der Waals surface area contributed by atoms with Crippen LogP contribution >= 0.6 is 0 Å². The first kappa shape index (κ1) is 78.6. The van der Waals surface area contributed by atoms with E-state index >= 15 is 0 Å². The van der Waals surface area contributed by atoms with Crippen LogP contribution in [0.3, 0.4) is 0 Å². The molecule has 0 rings (SSSR count). The number of ether oxygens (including phenoxy) is 1. The Morgan fingerprint density at radius 2 is 0.617 bits per heavy atom. The molecule has 0 aromatic rings. The molecule has 0 saturated carbocycles. The monoisotopic (exact) mass is 1130 g/mol. The number of aliphatic hydroxyl groups is 2. The van der Waals surface area contributed by atoms with Gasteiger partial charge >= 0.3 is 5.97 Å². The Morgan fingerprint density at radius 3 is 0.951 bits per heavy atom. The van der Waals surface area contributed by atoms with E-state index in [0.717, 1.165) is 70.6 Å². The maximum Gasteiger partial charge on any atom is 0.305 e. The van der Waals surface area contributed by atoms with Gasteiger partial charge < -0.3 is 20.3 Å². The number of esters is 1. The fourth-order valence-corrected chi connectivity index (χ4v) is 11.0. The molecule has 0 bridgehead atoms. The first-order valence-electron chi connectivity index (χ1n) is 36.1. The summed E-state index contributed by atoms with van der Waals surface area (Å²) >= 11 is 0. The summed E-state index contributed by atoms with van der Waals surface area (Å²) in [5.41, 5.74) is 0. The van der Waals surface area contributed by atoms with E-state index in [2.05, 4.69) is 67.8 Å². The van der Waals surface area contributed by atoms with Crippen LogP contribution in [-0.4, -0.2) is 47.4 Å². The number of rotatable bonds is 67. The SMILES string of the molecule is CCCCCC/C=C\C/C=C\CCCCCCCCCC(=O)OCCCCCCCCCCC/C=C\C/C=C\CCCCCCCCCC(=O)NC(CO)C(O)/C=C/CCCCCCCCCCCCCCCCCCCCCCC. The lowest BCUT2D eigenvalue weighted by Crippen LogP contribution is -2.45. The van der Waals surface area contributed by atoms with Crippen molar-refractivity contribution in [3.63, 3.8) is 0 Å². The van der Waals surface area contributed by atoms with Gasteiger partial charge in [-0.3, -0.25) is 9.59 Å². The first-order valence-corrected chi connectivity index (χ1v) is 36.1. The number of hydrogen-bond acceptors (Lipinski definition) is 5. The number of amides is 1. The highest BCUT2D eigenvalue weighted by molar-refractivity contribution is 5.76. The molecule has 2 unspecified atom stereocenters. The van der Waals surface area contributed by atoms with E-state index in [0.29, 0.717) is 19.4 Å². The standard InChI is InChI=1S/C75H139NO5/c1-3-5-7-9-11-13-15-17-19-21-23-24-26-29-32-35-39-43-47-51-55-59-63-67-73(78)72(71-77)76-74(79)68-64-60-56-52-48-44-40-36-33-30-27-25-28-31-34-38-42-46-50-54-58-62-66-70-81-75(80)69-65-61-57-53-49-45-41-37-22-20-18-16-14-12-10-8-6-4-2/h14,16,20,22,25,28,30,33,63,67,72-73,77-78H,3-13,15,17-19,21,23-24,26-27,29,31-32,34-62,64-66,68-71H2,1-2H3,(H,76,79)/b16-14-,22-20-,28-25-,33-30-,67-63+. The second-order valence-corrected chi connectivity index (χ2v) is 24.6. The van der Waals surface area contributed by atoms with Gasteiger partial charge in [0.1, 0.15) is 0 Å². The second-order valence-electron chi connectivity index (χ2n) is 24.6. The number of allylic oxidation sites excluding steroid dienone is 9. The maximum atomic E-state index is 12.5. The molecule has 0 aliphatic rings. The van der Waals surface area contributed by atoms with Gasteiger partial charge in [-0.05, 0) is 96.3 Å². The summed E-state index contributed by atoms with van der Waals surface area (Å²) in [7, 11) is 0. The van der Waals surface area contributed by atoms with Crippen LogP contribution in [0.5, 0.6) is 0 Å². The van der Waals surface area contributed by atoms with Crippen molar-refractivity contribution in [3.05, 3.63) is 60.8 Å². The summed E-state index contributed by atoms with van der Waals surface area (Å²) in [4.78, 5) is 24.6. The highest BCUT2D eigenvalue weighted by Gasteiger charge is 2.18. The van der Waals surface area contributed by atoms with Crippen LogP contribution in [0.15, 0.2) is 60.8 Å². The molecule has 1 amide bonds. The zero-order chi connectivity index (χ0) is 58.5. The minimum absolute atomic E-state index is 0.000729. The average Bonchev–Trinajstić information content (AvgIpc) is 3.47. The van der Waals surface area contributed by atoms with Crippen molar-refractivity contribution >= 4 is 11.9 Å². The zero-order valence-corrected chi connectivity index (χ0v) is 54.3. The van der Waals surface area contributed by atoms with Gasteiger partial charge in [-0.15, -0.1) is 0 Å². The lowest BCUT2D eigenvalue weighted by Gasteiger charge is -2.20. The van der Waals surface area contributed by atoms with Crippen LogP contribution in [0, 0.1) is 0 Å². The van der Waals surface area contributed by atoms with Crippen LogP contribution in [-0.2, 0) is 14.3 Å². The summed E-state index contributed by atoms with van der Waals surface area (Å²) < 4.78 is 5.49. The third kappa shape index (κ3) is 66.6. The minimum atomic E-state index is -0.854. The molecule has 0 aromatic heterocycles. The van der Waals surface area contributed by atoms with Crippen molar-refractivity contribution in [2.45, 2.75) is 392 Å². The molecule has 2 atom stereocenters. The molecule has 6 nitrogen and oxygen atoms in total. The van der Waals surface area contributed by atoms with Gasteiger partial charge in [0.2, 0.25) is 5.91 Å². The normalized spacial score (nSPS) is 12.9. The predicted octanol–water partition coefficient (Wildman–Crippen LogP) is 23.4. The first-order chi connectivity index (χ1) is 40.0. The molecule has 6 heteroatoms. The smallest absolute Gasteiger partial charge is 0.305 e. The molecule has 81 heavy (non-hydrogen) atoms. The molecular weight excluding hydrogens is 995 g/mol. The van der Waals surface area contributed by atoms with Crippen molar-refractivity contribution in [1.29, 1.82) is 0 Å². The zero-order valence-electron chi connectivity index (χ0n) is 54.3. The van der Waals surface area contributed by atoms with Crippen molar-refractivity contribution in [2.75, 3.05) is 13.2 Å². The Bertz CT molecular complexity index is 1400. The van der Waals surface area contributed by atoms with Crippen molar-refractivity contribution in [2.24, 2.45) is 0 Å². The van der Waals surface area contributed by atoms with Crippen LogP contribution in [0.25, 0.3) is 0 Å². The second kappa shape index (κ2) is 70.0. The highest BCUT2D eigenvalue weighted by Crippen LogP contribution is 2.18. The van der Waals surface area contributed by atoms with Crippen LogP contribution in [0.2, 0.25) is 0 Å². The molecule has 0 aliphatic carbocycles. The Labute approximate surface area is 505 Å². The van der Waals surface area contributed by atoms with E-state index in [9.17, 15) is 19.8 Å². The quantitative estimate of drug-likeness (QED) is 0.0320. The minimum Gasteiger partial charge on any atom is -0.466 e. The summed E-state index contributed by atoms with van der Waals surface area (Å²) in [6.07, 6.45) is 92.9. The third-order valence-electron chi connectivity index (χ3n) is 16.5. The van der Waals surface area contributed by atoms with Gasteiger partial charge in [0, 0.05) is 12.8 Å². The molecule has 0 fully saturated rings. The largest absolute Gasteiger partial charge is 0.466 e. The molecule has 0 spiro atoms. The molecular formula is C75H139NO5. The predicted molar refractivity (Wildman–Crippen MR) is 356 cm³/mol. The van der Waals surface area contributed by atoms with Gasteiger partial charge in [0.25, 0.3) is 0 Å². The van der Waals surface area contributed by atoms with Crippen LogP contribution < -0.4 is 5.32 Å². The van der Waals surface area contributed by atoms with Gasteiger partial charge in [0.15, 0.2) is 0 Å². The number of hydrogen-bond donors (Lipinski definition) is 3. The molecule has 0 heterocycles. The summed E-state index contributed by atoms with van der Waals surface area (Å²) in [5.74, 6) is -0.0764. The van der Waals surface area contributed by atoms with Crippen molar-refractivity contribution in [3.8, 4) is 0 Å². The third-order valence-corrected chi connectivity index (χ3v) is 16.5. The molecule has 474 valence electrons. The number of carbonyl (C=O) groups excluding carboxylic acids is 2. The highest BCUT2D eigenvalue weighted by atomic mass is 16.5.